The maximum absolute atomic E-state index is 6.36. The fourth-order valence-electron chi connectivity index (χ4n) is 6.41. The van der Waals surface area contributed by atoms with Crippen molar-refractivity contribution in [3.63, 3.8) is 0 Å². The van der Waals surface area contributed by atoms with Gasteiger partial charge in [-0.15, -0.1) is 0 Å². The minimum Gasteiger partial charge on any atom is -0.457 e. The minimum atomic E-state index is -0.0444. The molecule has 1 atom stereocenters. The molecule has 7 rings (SSSR count). The number of para-hydroxylation sites is 1. The van der Waals surface area contributed by atoms with Gasteiger partial charge in [0.15, 0.2) is 0 Å². The maximum Gasteiger partial charge on any atom is 0.131 e. The Morgan fingerprint density at radius 1 is 0.816 bits per heavy atom. The molecule has 3 aromatic carbocycles. The van der Waals surface area contributed by atoms with E-state index >= 15 is 0 Å². The van der Waals surface area contributed by atoms with Crippen LogP contribution in [-0.2, 0) is 5.41 Å². The van der Waals surface area contributed by atoms with E-state index in [-0.39, 0.29) is 5.41 Å². The smallest absolute Gasteiger partial charge is 0.131 e. The topological polar surface area (TPSA) is 34.5 Å². The van der Waals surface area contributed by atoms with Gasteiger partial charge in [0, 0.05) is 34.2 Å². The molecule has 186 valence electrons. The molecule has 38 heavy (non-hydrogen) atoms. The molecular formula is C35H30N2O. The summed E-state index contributed by atoms with van der Waals surface area (Å²) >= 11 is 0. The number of pyridine rings is 1. The third-order valence-electron chi connectivity index (χ3n) is 8.59. The number of nitrogens with zero attached hydrogens (tertiary/aromatic N) is 2. The Hall–Kier alpha value is -4.24. The number of fused-ring (bicyclic) bond motifs is 4. The zero-order chi connectivity index (χ0) is 25.7. The molecule has 0 saturated carbocycles. The quantitative estimate of drug-likeness (QED) is 0.308. The highest BCUT2D eigenvalue weighted by Gasteiger charge is 2.39. The third kappa shape index (κ3) is 3.49. The van der Waals surface area contributed by atoms with E-state index in [1.54, 1.807) is 0 Å². The summed E-state index contributed by atoms with van der Waals surface area (Å²) in [4.78, 5) is 9.73. The Morgan fingerprint density at radius 3 is 2.42 bits per heavy atom. The second kappa shape index (κ2) is 8.95. The summed E-state index contributed by atoms with van der Waals surface area (Å²) in [6.07, 6.45) is 11.6. The van der Waals surface area contributed by atoms with Crippen molar-refractivity contribution in [2.75, 3.05) is 0 Å². The van der Waals surface area contributed by atoms with Crippen LogP contribution < -0.4 is 15.3 Å². The first-order valence-electron chi connectivity index (χ1n) is 13.6. The molecule has 0 amide bonds. The van der Waals surface area contributed by atoms with Gasteiger partial charge in [0.05, 0.1) is 16.8 Å². The van der Waals surface area contributed by atoms with Crippen LogP contribution in [0.2, 0.25) is 0 Å². The number of allylic oxidation sites excluding steroid dienone is 1. The van der Waals surface area contributed by atoms with Crippen molar-refractivity contribution >= 4 is 17.5 Å². The highest BCUT2D eigenvalue weighted by molar-refractivity contribution is 6.11. The Morgan fingerprint density at radius 2 is 1.58 bits per heavy atom. The molecule has 0 spiro atoms. The zero-order valence-electron chi connectivity index (χ0n) is 21.8. The lowest BCUT2D eigenvalue weighted by Crippen LogP contribution is -2.35. The summed E-state index contributed by atoms with van der Waals surface area (Å²) in [5.41, 5.74) is 8.13. The van der Waals surface area contributed by atoms with Crippen LogP contribution in [0.15, 0.2) is 102 Å². The molecule has 0 radical (unpaired) electrons. The van der Waals surface area contributed by atoms with Crippen molar-refractivity contribution in [1.29, 1.82) is 0 Å². The lowest BCUT2D eigenvalue weighted by Gasteiger charge is -2.39. The summed E-state index contributed by atoms with van der Waals surface area (Å²) in [5.74, 6) is 2.26. The minimum absolute atomic E-state index is 0.0444. The first-order valence-corrected chi connectivity index (χ1v) is 13.6. The Balaban J connectivity index is 1.26. The first-order chi connectivity index (χ1) is 18.7. The van der Waals surface area contributed by atoms with Crippen LogP contribution in [0, 0.1) is 5.92 Å². The molecule has 3 nitrogen and oxygen atoms in total. The van der Waals surface area contributed by atoms with Crippen LogP contribution in [0.1, 0.15) is 49.8 Å². The molecule has 1 aromatic heterocycles. The fraction of sp³-hybridized carbons (Fsp3) is 0.200. The largest absolute Gasteiger partial charge is 0.457 e. The average Bonchev–Trinajstić information content (AvgIpc) is 2.99. The number of rotatable bonds is 4. The molecule has 4 aromatic rings. The normalized spacial score (nSPS) is 18.2. The molecule has 0 saturated heterocycles. The predicted octanol–water partition coefficient (Wildman–Crippen LogP) is 6.93. The molecular weight excluding hydrogens is 464 g/mol. The Kier molecular flexibility index (Phi) is 5.40. The number of ether oxygens (including phenoxy) is 1. The number of aliphatic imine (C=N–C) groups is 1. The molecule has 3 heteroatoms. The molecule has 3 heterocycles. The van der Waals surface area contributed by atoms with Gasteiger partial charge in [-0.25, -0.2) is 4.99 Å². The zero-order valence-corrected chi connectivity index (χ0v) is 21.8. The van der Waals surface area contributed by atoms with Gasteiger partial charge in [-0.05, 0) is 65.9 Å². The molecule has 3 aliphatic rings. The van der Waals surface area contributed by atoms with Crippen LogP contribution in [0.25, 0.3) is 22.9 Å². The molecule has 2 aliphatic heterocycles. The van der Waals surface area contributed by atoms with Gasteiger partial charge < -0.3 is 4.74 Å². The predicted molar refractivity (Wildman–Crippen MR) is 155 cm³/mol. The van der Waals surface area contributed by atoms with Crippen molar-refractivity contribution in [3.05, 3.63) is 124 Å². The van der Waals surface area contributed by atoms with Crippen molar-refractivity contribution in [2.45, 2.75) is 38.5 Å². The van der Waals surface area contributed by atoms with E-state index in [9.17, 15) is 0 Å². The molecule has 1 aliphatic carbocycles. The van der Waals surface area contributed by atoms with E-state index in [0.29, 0.717) is 5.92 Å². The molecule has 0 bridgehead atoms. The van der Waals surface area contributed by atoms with Gasteiger partial charge in [-0.2, -0.15) is 0 Å². The summed E-state index contributed by atoms with van der Waals surface area (Å²) in [5, 5.41) is 2.19. The number of aromatic nitrogens is 1. The number of hydrogen-bond donors (Lipinski definition) is 0. The molecule has 0 N–H and O–H groups in total. The summed E-state index contributed by atoms with van der Waals surface area (Å²) in [6.45, 7) is 4.58. The second-order valence-electron chi connectivity index (χ2n) is 10.4. The van der Waals surface area contributed by atoms with Gasteiger partial charge in [0.25, 0.3) is 0 Å². The van der Waals surface area contributed by atoms with Gasteiger partial charge >= 0.3 is 0 Å². The van der Waals surface area contributed by atoms with Gasteiger partial charge in [-0.3, -0.25) is 4.98 Å². The van der Waals surface area contributed by atoms with E-state index < -0.39 is 0 Å². The summed E-state index contributed by atoms with van der Waals surface area (Å²) < 4.78 is 6.36. The van der Waals surface area contributed by atoms with E-state index in [4.69, 9.17) is 9.73 Å². The van der Waals surface area contributed by atoms with Gasteiger partial charge in [0.1, 0.15) is 11.5 Å². The maximum atomic E-state index is 6.36. The van der Waals surface area contributed by atoms with Crippen LogP contribution in [0.4, 0.5) is 0 Å². The second-order valence-corrected chi connectivity index (χ2v) is 10.4. The van der Waals surface area contributed by atoms with Crippen LogP contribution >= 0.6 is 0 Å². The lowest BCUT2D eigenvalue weighted by molar-refractivity contribution is 0.375. The van der Waals surface area contributed by atoms with E-state index in [1.165, 1.54) is 27.5 Å². The molecule has 0 fully saturated rings. The van der Waals surface area contributed by atoms with E-state index in [0.717, 1.165) is 53.1 Å². The van der Waals surface area contributed by atoms with Gasteiger partial charge in [0.2, 0.25) is 0 Å². The van der Waals surface area contributed by atoms with Crippen molar-refractivity contribution in [3.8, 4) is 22.6 Å². The number of dihydropyridines is 1. The van der Waals surface area contributed by atoms with E-state index in [2.05, 4.69) is 110 Å². The van der Waals surface area contributed by atoms with Gasteiger partial charge in [-0.1, -0.05) is 80.6 Å². The SMILES string of the molecule is CCC1(CC)c2ccccc2Oc2ccc(-c3ccc(C4=NC5=c6ncccc6=CCC5C=C4)cc3)cc21. The average molecular weight is 495 g/mol. The Labute approximate surface area is 223 Å². The highest BCUT2D eigenvalue weighted by atomic mass is 16.5. The first kappa shape index (κ1) is 22.9. The fourth-order valence-corrected chi connectivity index (χ4v) is 6.41. The third-order valence-corrected chi connectivity index (χ3v) is 8.59. The summed E-state index contributed by atoms with van der Waals surface area (Å²) in [6, 6.07) is 28.1. The highest BCUT2D eigenvalue weighted by Crippen LogP contribution is 2.52. The van der Waals surface area contributed by atoms with Crippen molar-refractivity contribution in [1.82, 2.24) is 4.98 Å². The molecule has 1 unspecified atom stereocenters. The summed E-state index contributed by atoms with van der Waals surface area (Å²) in [7, 11) is 0. The van der Waals surface area contributed by atoms with Crippen LogP contribution in [-0.4, -0.2) is 10.7 Å². The number of benzene rings is 3. The van der Waals surface area contributed by atoms with Crippen LogP contribution in [0.3, 0.4) is 0 Å². The monoisotopic (exact) mass is 494 g/mol. The standard InChI is InChI=1S/C35H30N2O/c1-3-35(4-2)28-9-5-6-10-31(28)38-32-20-18-27(22-29(32)35)23-11-13-24(14-12-23)30-19-17-26-16-15-25-8-7-21-36-33(25)34(26)37-30/h5-15,17-22,26H,3-4,16H2,1-2H3. The Bertz CT molecular complexity index is 1740. The van der Waals surface area contributed by atoms with E-state index in [1.807, 2.05) is 12.3 Å². The van der Waals surface area contributed by atoms with Crippen molar-refractivity contribution < 1.29 is 4.74 Å². The number of hydrogen-bond acceptors (Lipinski definition) is 3. The lowest BCUT2D eigenvalue weighted by atomic mass is 9.68. The van der Waals surface area contributed by atoms with Crippen molar-refractivity contribution in [2.24, 2.45) is 10.9 Å². The van der Waals surface area contributed by atoms with Crippen LogP contribution in [0.5, 0.6) is 11.5 Å².